The maximum absolute atomic E-state index is 10.2. The van der Waals surface area contributed by atoms with Crippen LogP contribution in [0.3, 0.4) is 0 Å². The highest BCUT2D eigenvalue weighted by Crippen LogP contribution is 1.98. The molecule has 0 aliphatic heterocycles. The lowest BCUT2D eigenvalue weighted by Crippen LogP contribution is -2.38. The van der Waals surface area contributed by atoms with Crippen LogP contribution in [0.1, 0.15) is 6.42 Å². The molecule has 66 valence electrons. The first-order chi connectivity index (χ1) is 4.83. The minimum absolute atomic E-state index is 0.304. The zero-order chi connectivity index (χ0) is 9.07. The summed E-state index contributed by atoms with van der Waals surface area (Å²) in [7, 11) is 5.86. The molecule has 0 amide bonds. The molecular formula is C7H16NO3+. The number of hydrogen-bond acceptors (Lipinski definition) is 2. The Morgan fingerprint density at radius 2 is 1.91 bits per heavy atom. The molecule has 0 aromatic rings. The number of aliphatic hydroxyl groups excluding tert-OH is 1. The Morgan fingerprint density at radius 1 is 1.45 bits per heavy atom. The molecule has 0 aromatic heterocycles. The second kappa shape index (κ2) is 3.69. The smallest absolute Gasteiger partial charge is 0.332 e. The molecule has 0 spiro atoms. The monoisotopic (exact) mass is 162 g/mol. The van der Waals surface area contributed by atoms with E-state index in [1.807, 2.05) is 21.1 Å². The van der Waals surface area contributed by atoms with Crippen molar-refractivity contribution in [1.29, 1.82) is 0 Å². The molecule has 4 nitrogen and oxygen atoms in total. The lowest BCUT2D eigenvalue weighted by Gasteiger charge is -2.24. The van der Waals surface area contributed by atoms with E-state index in [2.05, 4.69) is 0 Å². The van der Waals surface area contributed by atoms with E-state index in [4.69, 9.17) is 10.2 Å². The van der Waals surface area contributed by atoms with Crippen LogP contribution in [0, 0.1) is 0 Å². The van der Waals surface area contributed by atoms with E-state index in [1.165, 1.54) is 0 Å². The van der Waals surface area contributed by atoms with Crippen LogP contribution in [0.5, 0.6) is 0 Å². The number of nitrogens with zero attached hydrogens (tertiary/aromatic N) is 1. The van der Waals surface area contributed by atoms with Gasteiger partial charge in [0.2, 0.25) is 0 Å². The maximum Gasteiger partial charge on any atom is 0.332 e. The van der Waals surface area contributed by atoms with Crippen molar-refractivity contribution in [1.82, 2.24) is 0 Å². The fourth-order valence-corrected chi connectivity index (χ4v) is 0.633. The Morgan fingerprint density at radius 3 is 2.18 bits per heavy atom. The maximum atomic E-state index is 10.2. The predicted octanol–water partition coefficient (Wildman–Crippen LogP) is -0.472. The molecule has 0 bridgehead atoms. The molecular weight excluding hydrogens is 146 g/mol. The lowest BCUT2D eigenvalue weighted by molar-refractivity contribution is -0.870. The van der Waals surface area contributed by atoms with Crippen molar-refractivity contribution >= 4 is 5.97 Å². The van der Waals surface area contributed by atoms with Crippen molar-refractivity contribution in [3.05, 3.63) is 0 Å². The number of carbonyl (C=O) groups is 1. The number of quaternary nitrogens is 1. The second-order valence-corrected chi connectivity index (χ2v) is 3.66. The molecule has 2 N–H and O–H groups in total. The van der Waals surface area contributed by atoms with Gasteiger partial charge in [-0.2, -0.15) is 0 Å². The third kappa shape index (κ3) is 5.82. The van der Waals surface area contributed by atoms with E-state index >= 15 is 0 Å². The van der Waals surface area contributed by atoms with Gasteiger partial charge in [-0.3, -0.25) is 0 Å². The van der Waals surface area contributed by atoms with Gasteiger partial charge in [0.1, 0.15) is 0 Å². The summed E-state index contributed by atoms with van der Waals surface area (Å²) in [6, 6.07) is 0. The van der Waals surface area contributed by atoms with Crippen molar-refractivity contribution in [2.45, 2.75) is 12.5 Å². The Balaban J connectivity index is 3.63. The number of carboxylic acids is 1. The number of rotatable bonds is 4. The first-order valence-electron chi connectivity index (χ1n) is 3.54. The van der Waals surface area contributed by atoms with Crippen molar-refractivity contribution in [2.75, 3.05) is 27.7 Å². The quantitative estimate of drug-likeness (QED) is 0.549. The summed E-state index contributed by atoms with van der Waals surface area (Å²) in [5.41, 5.74) is 0. The average Bonchev–Trinajstić information content (AvgIpc) is 1.80. The summed E-state index contributed by atoms with van der Waals surface area (Å²) in [6.45, 7) is 0.660. The second-order valence-electron chi connectivity index (χ2n) is 3.66. The van der Waals surface area contributed by atoms with Gasteiger partial charge in [0.05, 0.1) is 27.7 Å². The summed E-state index contributed by atoms with van der Waals surface area (Å²) in [6.07, 6.45) is -0.911. The third-order valence-electron chi connectivity index (χ3n) is 1.36. The van der Waals surface area contributed by atoms with Gasteiger partial charge in [0.15, 0.2) is 6.10 Å². The number of aliphatic hydroxyl groups is 1. The predicted molar refractivity (Wildman–Crippen MR) is 41.2 cm³/mol. The van der Waals surface area contributed by atoms with Gasteiger partial charge in [-0.15, -0.1) is 0 Å². The van der Waals surface area contributed by atoms with Crippen LogP contribution >= 0.6 is 0 Å². The number of aliphatic carboxylic acids is 1. The minimum Gasteiger partial charge on any atom is -0.479 e. The topological polar surface area (TPSA) is 57.5 Å². The van der Waals surface area contributed by atoms with Crippen LogP contribution in [0.2, 0.25) is 0 Å². The van der Waals surface area contributed by atoms with Crippen molar-refractivity contribution < 1.29 is 19.5 Å². The summed E-state index contributed by atoms with van der Waals surface area (Å²) in [5, 5.41) is 17.2. The van der Waals surface area contributed by atoms with Gasteiger partial charge >= 0.3 is 5.97 Å². The van der Waals surface area contributed by atoms with E-state index in [1.54, 1.807) is 0 Å². The van der Waals surface area contributed by atoms with E-state index in [0.29, 0.717) is 17.4 Å². The van der Waals surface area contributed by atoms with E-state index in [9.17, 15) is 4.79 Å². The summed E-state index contributed by atoms with van der Waals surface area (Å²) < 4.78 is 0.671. The van der Waals surface area contributed by atoms with Crippen molar-refractivity contribution in [2.24, 2.45) is 0 Å². The molecule has 0 heterocycles. The summed E-state index contributed by atoms with van der Waals surface area (Å²) in [5.74, 6) is -1.14. The van der Waals surface area contributed by atoms with Crippen LogP contribution < -0.4 is 0 Å². The summed E-state index contributed by atoms with van der Waals surface area (Å²) >= 11 is 0. The standard InChI is InChI=1S/C7H15NO3/c1-8(2,3)5-4-6(9)7(10)11/h6,9H,4-5H2,1-3H3/p+1/t6-/m1/s1. The van der Waals surface area contributed by atoms with E-state index in [-0.39, 0.29) is 0 Å². The molecule has 0 aromatic carbocycles. The van der Waals surface area contributed by atoms with Gasteiger partial charge in [-0.25, -0.2) is 4.79 Å². The molecule has 0 rings (SSSR count). The summed E-state index contributed by atoms with van der Waals surface area (Å²) in [4.78, 5) is 10.2. The minimum atomic E-state index is -1.22. The van der Waals surface area contributed by atoms with Crippen LogP contribution in [-0.4, -0.2) is 54.5 Å². The van der Waals surface area contributed by atoms with Gasteiger partial charge in [0, 0.05) is 6.42 Å². The Bertz CT molecular complexity index is 139. The van der Waals surface area contributed by atoms with Crippen LogP contribution in [0.15, 0.2) is 0 Å². The van der Waals surface area contributed by atoms with E-state index in [0.717, 1.165) is 0 Å². The zero-order valence-corrected chi connectivity index (χ0v) is 7.24. The lowest BCUT2D eigenvalue weighted by atomic mass is 10.2. The fraction of sp³-hybridized carbons (Fsp3) is 0.857. The molecule has 0 radical (unpaired) electrons. The van der Waals surface area contributed by atoms with Gasteiger partial charge in [-0.05, 0) is 0 Å². The van der Waals surface area contributed by atoms with Crippen molar-refractivity contribution in [3.63, 3.8) is 0 Å². The first kappa shape index (κ1) is 10.4. The SMILES string of the molecule is C[N+](C)(C)CC[C@@H](O)C(=O)O. The molecule has 0 fully saturated rings. The van der Waals surface area contributed by atoms with Gasteiger partial charge < -0.3 is 14.7 Å². The van der Waals surface area contributed by atoms with Gasteiger partial charge in [-0.1, -0.05) is 0 Å². The number of carboxylic acid groups (broad SMARTS) is 1. The molecule has 4 heteroatoms. The molecule has 0 aliphatic carbocycles. The first-order valence-corrected chi connectivity index (χ1v) is 3.54. The third-order valence-corrected chi connectivity index (χ3v) is 1.36. The molecule has 0 saturated heterocycles. The highest BCUT2D eigenvalue weighted by Gasteiger charge is 2.17. The normalized spacial score (nSPS) is 14.5. The van der Waals surface area contributed by atoms with Crippen molar-refractivity contribution in [3.8, 4) is 0 Å². The largest absolute Gasteiger partial charge is 0.479 e. The molecule has 0 saturated carbocycles. The van der Waals surface area contributed by atoms with Crippen LogP contribution in [-0.2, 0) is 4.79 Å². The van der Waals surface area contributed by atoms with E-state index < -0.39 is 12.1 Å². The molecule has 11 heavy (non-hydrogen) atoms. The van der Waals surface area contributed by atoms with Crippen LogP contribution in [0.4, 0.5) is 0 Å². The zero-order valence-electron chi connectivity index (χ0n) is 7.24. The average molecular weight is 162 g/mol. The Labute approximate surface area is 66.6 Å². The molecule has 0 unspecified atom stereocenters. The number of hydrogen-bond donors (Lipinski definition) is 2. The van der Waals surface area contributed by atoms with Crippen LogP contribution in [0.25, 0.3) is 0 Å². The molecule has 0 aliphatic rings. The Kier molecular flexibility index (Phi) is 3.48. The highest BCUT2D eigenvalue weighted by atomic mass is 16.4. The molecule has 1 atom stereocenters. The Hall–Kier alpha value is -0.610. The highest BCUT2D eigenvalue weighted by molar-refractivity contribution is 5.71. The fourth-order valence-electron chi connectivity index (χ4n) is 0.633. The van der Waals surface area contributed by atoms with Gasteiger partial charge in [0.25, 0.3) is 0 Å².